The zero-order valence-corrected chi connectivity index (χ0v) is 15.5. The Bertz CT molecular complexity index is 615. The normalized spacial score (nSPS) is 17.1. The lowest BCUT2D eigenvalue weighted by atomic mass is 10.1. The summed E-state index contributed by atoms with van der Waals surface area (Å²) in [6.07, 6.45) is 1.27. The van der Waals surface area contributed by atoms with Crippen molar-refractivity contribution in [3.63, 3.8) is 0 Å². The zero-order chi connectivity index (χ0) is 18.4. The smallest absolute Gasteiger partial charge is 0.225 e. The van der Waals surface area contributed by atoms with Crippen molar-refractivity contribution in [2.75, 3.05) is 27.3 Å². The first kappa shape index (κ1) is 19.1. The van der Waals surface area contributed by atoms with Crippen molar-refractivity contribution in [3.05, 3.63) is 23.8 Å². The van der Waals surface area contributed by atoms with Gasteiger partial charge < -0.3 is 19.7 Å². The predicted molar refractivity (Wildman–Crippen MR) is 95.5 cm³/mol. The standard InChI is InChI=1S/C19H28N2O4/c1-13(2)7-8-21-12-15(10-18(21)22)19(23)20-11-14-5-6-16(24-3)17(9-14)25-4/h5-6,9,13,15H,7-8,10-12H2,1-4H3,(H,20,23). The summed E-state index contributed by atoms with van der Waals surface area (Å²) in [5.74, 6) is 1.57. The molecule has 0 aromatic heterocycles. The number of likely N-dealkylation sites (tertiary alicyclic amines) is 1. The molecule has 1 saturated heterocycles. The third-order valence-corrected chi connectivity index (χ3v) is 4.48. The van der Waals surface area contributed by atoms with Crippen molar-refractivity contribution in [1.29, 1.82) is 0 Å². The summed E-state index contributed by atoms with van der Waals surface area (Å²) in [7, 11) is 3.16. The van der Waals surface area contributed by atoms with E-state index in [1.54, 1.807) is 19.1 Å². The minimum absolute atomic E-state index is 0.0739. The molecule has 0 radical (unpaired) electrons. The van der Waals surface area contributed by atoms with Crippen molar-refractivity contribution < 1.29 is 19.1 Å². The molecule has 25 heavy (non-hydrogen) atoms. The molecule has 0 aliphatic carbocycles. The first-order chi connectivity index (χ1) is 11.9. The highest BCUT2D eigenvalue weighted by Gasteiger charge is 2.33. The lowest BCUT2D eigenvalue weighted by molar-refractivity contribution is -0.129. The Morgan fingerprint density at radius 1 is 1.28 bits per heavy atom. The van der Waals surface area contributed by atoms with E-state index < -0.39 is 0 Å². The van der Waals surface area contributed by atoms with E-state index in [4.69, 9.17) is 9.47 Å². The van der Waals surface area contributed by atoms with Gasteiger partial charge in [-0.2, -0.15) is 0 Å². The first-order valence-corrected chi connectivity index (χ1v) is 8.71. The molecule has 0 saturated carbocycles. The van der Waals surface area contributed by atoms with Gasteiger partial charge in [0.25, 0.3) is 0 Å². The van der Waals surface area contributed by atoms with Gasteiger partial charge in [-0.25, -0.2) is 0 Å². The second-order valence-electron chi connectivity index (χ2n) is 6.83. The van der Waals surface area contributed by atoms with E-state index in [2.05, 4.69) is 19.2 Å². The number of methoxy groups -OCH3 is 2. The van der Waals surface area contributed by atoms with E-state index in [1.807, 2.05) is 18.2 Å². The van der Waals surface area contributed by atoms with Gasteiger partial charge in [0, 0.05) is 26.1 Å². The Kier molecular flexibility index (Phi) is 6.67. The van der Waals surface area contributed by atoms with Crippen LogP contribution in [0.5, 0.6) is 11.5 Å². The number of nitrogens with one attached hydrogen (secondary N) is 1. The molecule has 6 heteroatoms. The summed E-state index contributed by atoms with van der Waals surface area (Å²) in [6, 6.07) is 5.54. The predicted octanol–water partition coefficient (Wildman–Crippen LogP) is 2.21. The Labute approximate surface area is 149 Å². The molecule has 2 amide bonds. The summed E-state index contributed by atoms with van der Waals surface area (Å²) >= 11 is 0. The molecule has 1 atom stereocenters. The minimum Gasteiger partial charge on any atom is -0.493 e. The third kappa shape index (κ3) is 5.11. The number of carbonyl (C=O) groups is 2. The van der Waals surface area contributed by atoms with Crippen LogP contribution in [0.3, 0.4) is 0 Å². The molecule has 1 aromatic carbocycles. The van der Waals surface area contributed by atoms with E-state index in [9.17, 15) is 9.59 Å². The largest absolute Gasteiger partial charge is 0.493 e. The van der Waals surface area contributed by atoms with Crippen molar-refractivity contribution >= 4 is 11.8 Å². The Hall–Kier alpha value is -2.24. The fourth-order valence-electron chi connectivity index (χ4n) is 2.90. The second-order valence-corrected chi connectivity index (χ2v) is 6.83. The fraction of sp³-hybridized carbons (Fsp3) is 0.579. The molecule has 1 aliphatic rings. The van der Waals surface area contributed by atoms with E-state index in [0.29, 0.717) is 36.9 Å². The van der Waals surface area contributed by atoms with Crippen molar-refractivity contribution in [1.82, 2.24) is 10.2 Å². The summed E-state index contributed by atoms with van der Waals surface area (Å²) in [5.41, 5.74) is 0.923. The molecular weight excluding hydrogens is 320 g/mol. The van der Waals surface area contributed by atoms with Crippen LogP contribution in [0.4, 0.5) is 0 Å². The van der Waals surface area contributed by atoms with Crippen LogP contribution in [0.15, 0.2) is 18.2 Å². The molecule has 1 aromatic rings. The number of nitrogens with zero attached hydrogens (tertiary/aromatic N) is 1. The van der Waals surface area contributed by atoms with Crippen LogP contribution in [-0.2, 0) is 16.1 Å². The van der Waals surface area contributed by atoms with Crippen LogP contribution in [0.2, 0.25) is 0 Å². The van der Waals surface area contributed by atoms with Gasteiger partial charge in [-0.15, -0.1) is 0 Å². The molecular formula is C19H28N2O4. The highest BCUT2D eigenvalue weighted by atomic mass is 16.5. The molecule has 1 aliphatic heterocycles. The third-order valence-electron chi connectivity index (χ3n) is 4.48. The van der Waals surface area contributed by atoms with E-state index in [0.717, 1.165) is 18.5 Å². The maximum atomic E-state index is 12.4. The molecule has 1 N–H and O–H groups in total. The average molecular weight is 348 g/mol. The van der Waals surface area contributed by atoms with E-state index in [-0.39, 0.29) is 17.7 Å². The van der Waals surface area contributed by atoms with Crippen LogP contribution >= 0.6 is 0 Å². The molecule has 2 rings (SSSR count). The molecule has 1 unspecified atom stereocenters. The zero-order valence-electron chi connectivity index (χ0n) is 15.5. The van der Waals surface area contributed by atoms with Crippen LogP contribution in [0.1, 0.15) is 32.3 Å². The maximum absolute atomic E-state index is 12.4. The molecule has 1 fully saturated rings. The van der Waals surface area contributed by atoms with Gasteiger partial charge in [0.2, 0.25) is 11.8 Å². The van der Waals surface area contributed by atoms with Crippen LogP contribution in [0.25, 0.3) is 0 Å². The highest BCUT2D eigenvalue weighted by Crippen LogP contribution is 2.27. The van der Waals surface area contributed by atoms with Gasteiger partial charge in [-0.1, -0.05) is 19.9 Å². The lowest BCUT2D eigenvalue weighted by Crippen LogP contribution is -2.33. The van der Waals surface area contributed by atoms with E-state index >= 15 is 0 Å². The SMILES string of the molecule is COc1ccc(CNC(=O)C2CC(=O)N(CCC(C)C)C2)cc1OC. The molecule has 0 spiro atoms. The number of hydrogen-bond acceptors (Lipinski definition) is 4. The lowest BCUT2D eigenvalue weighted by Gasteiger charge is -2.17. The maximum Gasteiger partial charge on any atom is 0.225 e. The van der Waals surface area contributed by atoms with Crippen LogP contribution in [-0.4, -0.2) is 44.0 Å². The van der Waals surface area contributed by atoms with Gasteiger partial charge in [0.05, 0.1) is 20.1 Å². The Morgan fingerprint density at radius 3 is 2.64 bits per heavy atom. The number of rotatable bonds is 8. The summed E-state index contributed by atoms with van der Waals surface area (Å²) in [5, 5.41) is 2.92. The van der Waals surface area contributed by atoms with Crippen molar-refractivity contribution in [3.8, 4) is 11.5 Å². The average Bonchev–Trinajstić information content (AvgIpc) is 2.98. The number of amides is 2. The number of carbonyl (C=O) groups excluding carboxylic acids is 2. The summed E-state index contributed by atoms with van der Waals surface area (Å²) < 4.78 is 10.5. The molecule has 6 nitrogen and oxygen atoms in total. The monoisotopic (exact) mass is 348 g/mol. The topological polar surface area (TPSA) is 67.9 Å². The van der Waals surface area contributed by atoms with E-state index in [1.165, 1.54) is 0 Å². The van der Waals surface area contributed by atoms with Gasteiger partial charge in [0.1, 0.15) is 0 Å². The minimum atomic E-state index is -0.264. The van der Waals surface area contributed by atoms with Crippen LogP contribution < -0.4 is 14.8 Å². The van der Waals surface area contributed by atoms with Crippen molar-refractivity contribution in [2.45, 2.75) is 33.2 Å². The van der Waals surface area contributed by atoms with Gasteiger partial charge in [0.15, 0.2) is 11.5 Å². The Morgan fingerprint density at radius 2 is 2.00 bits per heavy atom. The fourth-order valence-corrected chi connectivity index (χ4v) is 2.90. The number of hydrogen-bond donors (Lipinski definition) is 1. The number of benzene rings is 1. The van der Waals surface area contributed by atoms with Crippen molar-refractivity contribution in [2.24, 2.45) is 11.8 Å². The van der Waals surface area contributed by atoms with Crippen LogP contribution in [0, 0.1) is 11.8 Å². The van der Waals surface area contributed by atoms with Gasteiger partial charge >= 0.3 is 0 Å². The second kappa shape index (κ2) is 8.74. The molecule has 0 bridgehead atoms. The summed E-state index contributed by atoms with van der Waals surface area (Å²) in [6.45, 7) is 5.91. The number of ether oxygens (including phenoxy) is 2. The quantitative estimate of drug-likeness (QED) is 0.782. The first-order valence-electron chi connectivity index (χ1n) is 8.71. The van der Waals surface area contributed by atoms with Gasteiger partial charge in [-0.3, -0.25) is 9.59 Å². The highest BCUT2D eigenvalue weighted by molar-refractivity contribution is 5.89. The molecule has 138 valence electrons. The molecule has 1 heterocycles. The Balaban J connectivity index is 1.87. The summed E-state index contributed by atoms with van der Waals surface area (Å²) in [4.78, 5) is 26.2. The van der Waals surface area contributed by atoms with Gasteiger partial charge in [-0.05, 0) is 30.0 Å².